The van der Waals surface area contributed by atoms with Gasteiger partial charge in [0.1, 0.15) is 11.6 Å². The van der Waals surface area contributed by atoms with Crippen molar-refractivity contribution in [3.8, 4) is 11.4 Å². The van der Waals surface area contributed by atoms with Crippen LogP contribution < -0.4 is 10.2 Å². The van der Waals surface area contributed by atoms with E-state index in [-0.39, 0.29) is 18.1 Å². The number of anilines is 2. The van der Waals surface area contributed by atoms with E-state index in [0.717, 1.165) is 48.8 Å². The zero-order chi connectivity index (χ0) is 21.8. The molecule has 4 rings (SSSR count). The zero-order valence-corrected chi connectivity index (χ0v) is 17.7. The van der Waals surface area contributed by atoms with Crippen LogP contribution in [0.4, 0.5) is 15.9 Å². The first-order valence-electron chi connectivity index (χ1n) is 10.3. The smallest absolute Gasteiger partial charge is 0.238 e. The van der Waals surface area contributed by atoms with E-state index in [1.807, 2.05) is 26.0 Å². The number of para-hydroxylation sites is 1. The van der Waals surface area contributed by atoms with Crippen molar-refractivity contribution < 1.29 is 9.18 Å². The summed E-state index contributed by atoms with van der Waals surface area (Å²) in [5.41, 5.74) is 3.15. The second-order valence-electron chi connectivity index (χ2n) is 7.61. The number of benzene rings is 1. The van der Waals surface area contributed by atoms with Crippen molar-refractivity contribution in [2.45, 2.75) is 13.8 Å². The zero-order valence-electron chi connectivity index (χ0n) is 17.7. The Bertz CT molecular complexity index is 1070. The van der Waals surface area contributed by atoms with Crippen molar-refractivity contribution >= 4 is 17.4 Å². The maximum absolute atomic E-state index is 13.7. The number of carbonyl (C=O) groups excluding carboxylic acids is 1. The highest BCUT2D eigenvalue weighted by atomic mass is 19.1. The minimum absolute atomic E-state index is 0.210. The maximum Gasteiger partial charge on any atom is 0.238 e. The maximum atomic E-state index is 13.7. The van der Waals surface area contributed by atoms with Crippen molar-refractivity contribution in [1.82, 2.24) is 19.9 Å². The van der Waals surface area contributed by atoms with Crippen molar-refractivity contribution in [2.75, 3.05) is 42.9 Å². The Morgan fingerprint density at radius 2 is 1.74 bits per heavy atom. The molecule has 0 radical (unpaired) electrons. The van der Waals surface area contributed by atoms with Gasteiger partial charge in [-0.2, -0.15) is 0 Å². The van der Waals surface area contributed by atoms with E-state index in [9.17, 15) is 9.18 Å². The lowest BCUT2D eigenvalue weighted by molar-refractivity contribution is -0.117. The summed E-state index contributed by atoms with van der Waals surface area (Å²) in [5, 5.41) is 2.65. The topological polar surface area (TPSA) is 74.2 Å². The first-order valence-corrected chi connectivity index (χ1v) is 10.3. The van der Waals surface area contributed by atoms with Crippen molar-refractivity contribution in [1.29, 1.82) is 0 Å². The molecule has 31 heavy (non-hydrogen) atoms. The molecule has 3 heterocycles. The standard InChI is InChI=1S/C23H25FN6O/c1-16-17(2)26-22(18-7-9-25-10-8-18)28-23(16)30-13-11-29(12-14-30)15-21(31)27-20-6-4-3-5-19(20)24/h3-10H,11-15H2,1-2H3,(H,27,31). The summed E-state index contributed by atoms with van der Waals surface area (Å²) in [6, 6.07) is 10.00. The summed E-state index contributed by atoms with van der Waals surface area (Å²) in [5.74, 6) is 0.967. The van der Waals surface area contributed by atoms with Crippen molar-refractivity contribution in [3.05, 3.63) is 65.9 Å². The van der Waals surface area contributed by atoms with Crippen LogP contribution in [-0.4, -0.2) is 58.5 Å². The molecule has 1 fully saturated rings. The van der Waals surface area contributed by atoms with E-state index in [4.69, 9.17) is 4.98 Å². The fourth-order valence-corrected chi connectivity index (χ4v) is 3.62. The van der Waals surface area contributed by atoms with Gasteiger partial charge in [0, 0.05) is 55.4 Å². The number of pyridine rings is 1. The summed E-state index contributed by atoms with van der Waals surface area (Å²) in [7, 11) is 0. The van der Waals surface area contributed by atoms with Gasteiger partial charge in [0.25, 0.3) is 0 Å². The molecule has 8 heteroatoms. The monoisotopic (exact) mass is 420 g/mol. The summed E-state index contributed by atoms with van der Waals surface area (Å²) in [6.07, 6.45) is 3.47. The number of hydrogen-bond donors (Lipinski definition) is 1. The fourth-order valence-electron chi connectivity index (χ4n) is 3.62. The van der Waals surface area contributed by atoms with E-state index in [0.29, 0.717) is 5.82 Å². The second kappa shape index (κ2) is 9.18. The largest absolute Gasteiger partial charge is 0.354 e. The average Bonchev–Trinajstić information content (AvgIpc) is 2.78. The van der Waals surface area contributed by atoms with Crippen LogP contribution in [0.1, 0.15) is 11.3 Å². The molecule has 0 spiro atoms. The van der Waals surface area contributed by atoms with E-state index >= 15 is 0 Å². The van der Waals surface area contributed by atoms with Crippen molar-refractivity contribution in [3.63, 3.8) is 0 Å². The third-order valence-electron chi connectivity index (χ3n) is 5.49. The van der Waals surface area contributed by atoms with Crippen LogP contribution in [-0.2, 0) is 4.79 Å². The lowest BCUT2D eigenvalue weighted by Gasteiger charge is -2.36. The molecule has 3 aromatic rings. The molecule has 2 aromatic heterocycles. The molecule has 0 atom stereocenters. The van der Waals surface area contributed by atoms with E-state index in [2.05, 4.69) is 25.1 Å². The molecular formula is C23H25FN6O. The van der Waals surface area contributed by atoms with Gasteiger partial charge in [0.2, 0.25) is 5.91 Å². The molecule has 0 aliphatic carbocycles. The number of rotatable bonds is 5. The number of aryl methyl sites for hydroxylation is 1. The molecular weight excluding hydrogens is 395 g/mol. The number of piperazine rings is 1. The van der Waals surface area contributed by atoms with Crippen LogP contribution >= 0.6 is 0 Å². The molecule has 1 saturated heterocycles. The van der Waals surface area contributed by atoms with Gasteiger partial charge in [-0.05, 0) is 38.1 Å². The number of halogens is 1. The Balaban J connectivity index is 1.40. The van der Waals surface area contributed by atoms with E-state index < -0.39 is 5.82 Å². The summed E-state index contributed by atoms with van der Waals surface area (Å²) >= 11 is 0. The van der Waals surface area contributed by atoms with E-state index in [1.165, 1.54) is 6.07 Å². The Labute approximate surface area is 181 Å². The molecule has 1 N–H and O–H groups in total. The molecule has 1 aliphatic rings. The van der Waals surface area contributed by atoms with Gasteiger partial charge in [-0.25, -0.2) is 14.4 Å². The lowest BCUT2D eigenvalue weighted by Crippen LogP contribution is -2.49. The number of carbonyl (C=O) groups is 1. The van der Waals surface area contributed by atoms with Gasteiger partial charge in [-0.15, -0.1) is 0 Å². The third kappa shape index (κ3) is 4.86. The molecule has 0 saturated carbocycles. The van der Waals surface area contributed by atoms with Gasteiger partial charge < -0.3 is 10.2 Å². The summed E-state index contributed by atoms with van der Waals surface area (Å²) in [4.78, 5) is 30.2. The SMILES string of the molecule is Cc1nc(-c2ccncc2)nc(N2CCN(CC(=O)Nc3ccccc3F)CC2)c1C. The highest BCUT2D eigenvalue weighted by molar-refractivity contribution is 5.92. The van der Waals surface area contributed by atoms with Crippen LogP contribution in [0.25, 0.3) is 11.4 Å². The average molecular weight is 420 g/mol. The van der Waals surface area contributed by atoms with Crippen LogP contribution in [0.3, 0.4) is 0 Å². The van der Waals surface area contributed by atoms with Crippen LogP contribution in [0, 0.1) is 19.7 Å². The Kier molecular flexibility index (Phi) is 6.18. The number of amides is 1. The predicted octanol–water partition coefficient (Wildman–Crippen LogP) is 3.06. The number of hydrogen-bond acceptors (Lipinski definition) is 6. The summed E-state index contributed by atoms with van der Waals surface area (Å²) in [6.45, 7) is 7.20. The number of aromatic nitrogens is 3. The lowest BCUT2D eigenvalue weighted by atomic mass is 10.2. The first-order chi connectivity index (χ1) is 15.0. The number of nitrogens with one attached hydrogen (secondary N) is 1. The Morgan fingerprint density at radius 3 is 2.45 bits per heavy atom. The quantitative estimate of drug-likeness (QED) is 0.684. The van der Waals surface area contributed by atoms with Crippen molar-refractivity contribution in [2.24, 2.45) is 0 Å². The minimum Gasteiger partial charge on any atom is -0.354 e. The molecule has 160 valence electrons. The van der Waals surface area contributed by atoms with Crippen LogP contribution in [0.15, 0.2) is 48.8 Å². The second-order valence-corrected chi connectivity index (χ2v) is 7.61. The Hall–Kier alpha value is -3.39. The number of nitrogens with zero attached hydrogens (tertiary/aromatic N) is 5. The molecule has 7 nitrogen and oxygen atoms in total. The highest BCUT2D eigenvalue weighted by Crippen LogP contribution is 2.25. The molecule has 1 amide bonds. The molecule has 0 bridgehead atoms. The molecule has 1 aliphatic heterocycles. The normalized spacial score (nSPS) is 14.5. The first kappa shape index (κ1) is 20.9. The molecule has 1 aromatic carbocycles. The van der Waals surface area contributed by atoms with Gasteiger partial charge >= 0.3 is 0 Å². The predicted molar refractivity (Wildman–Crippen MR) is 118 cm³/mol. The minimum atomic E-state index is -0.430. The van der Waals surface area contributed by atoms with Crippen LogP contribution in [0.5, 0.6) is 0 Å². The summed E-state index contributed by atoms with van der Waals surface area (Å²) < 4.78 is 13.7. The Morgan fingerprint density at radius 1 is 1.03 bits per heavy atom. The fraction of sp³-hybridized carbons (Fsp3) is 0.304. The highest BCUT2D eigenvalue weighted by Gasteiger charge is 2.23. The van der Waals surface area contributed by atoms with Gasteiger partial charge in [0.05, 0.1) is 12.2 Å². The van der Waals surface area contributed by atoms with Gasteiger partial charge in [-0.1, -0.05) is 12.1 Å². The molecule has 0 unspecified atom stereocenters. The van der Waals surface area contributed by atoms with Gasteiger partial charge in [0.15, 0.2) is 5.82 Å². The third-order valence-corrected chi connectivity index (χ3v) is 5.49. The van der Waals surface area contributed by atoms with E-state index in [1.54, 1.807) is 30.6 Å². The van der Waals surface area contributed by atoms with Gasteiger partial charge in [-0.3, -0.25) is 14.7 Å². The van der Waals surface area contributed by atoms with Crippen LogP contribution in [0.2, 0.25) is 0 Å².